The van der Waals surface area contributed by atoms with Crippen LogP contribution in [-0.2, 0) is 14.3 Å². The van der Waals surface area contributed by atoms with Crippen LogP contribution in [0.15, 0.2) is 24.3 Å². The van der Waals surface area contributed by atoms with Gasteiger partial charge in [0.15, 0.2) is 5.78 Å². The van der Waals surface area contributed by atoms with E-state index in [1.54, 1.807) is 24.3 Å². The topological polar surface area (TPSA) is 69.7 Å². The normalized spacial score (nSPS) is 33.7. The zero-order valence-electron chi connectivity index (χ0n) is 13.6. The van der Waals surface area contributed by atoms with Crippen LogP contribution in [0.25, 0.3) is 0 Å². The van der Waals surface area contributed by atoms with Gasteiger partial charge in [-0.3, -0.25) is 9.59 Å². The predicted molar refractivity (Wildman–Crippen MR) is 84.5 cm³/mol. The predicted octanol–water partition coefficient (Wildman–Crippen LogP) is 2.92. The molecule has 0 radical (unpaired) electrons. The van der Waals surface area contributed by atoms with Gasteiger partial charge in [0.1, 0.15) is 11.7 Å². The smallest absolute Gasteiger partial charge is 0.338 e. The zero-order valence-corrected chi connectivity index (χ0v) is 13.6. The molecular formula is C19H20O5. The Hall–Kier alpha value is -2.17. The molecule has 126 valence electrons. The number of benzene rings is 1. The first-order valence-electron chi connectivity index (χ1n) is 8.49. The summed E-state index contributed by atoms with van der Waals surface area (Å²) >= 11 is 0. The quantitative estimate of drug-likeness (QED) is 0.630. The van der Waals surface area contributed by atoms with Gasteiger partial charge in [0.2, 0.25) is 0 Å². The van der Waals surface area contributed by atoms with E-state index in [-0.39, 0.29) is 29.7 Å². The Bertz CT molecular complexity index is 707. The number of esters is 2. The lowest BCUT2D eigenvalue weighted by atomic mass is 9.65. The van der Waals surface area contributed by atoms with E-state index in [9.17, 15) is 14.4 Å². The summed E-state index contributed by atoms with van der Waals surface area (Å²) in [6.45, 7) is 1.49. The highest BCUT2D eigenvalue weighted by Crippen LogP contribution is 2.51. The Balaban J connectivity index is 1.55. The maximum Gasteiger partial charge on any atom is 0.338 e. The van der Waals surface area contributed by atoms with Crippen molar-refractivity contribution in [3.63, 3.8) is 0 Å². The van der Waals surface area contributed by atoms with Crippen molar-refractivity contribution in [1.29, 1.82) is 0 Å². The molecule has 1 aromatic carbocycles. The first kappa shape index (κ1) is 15.4. The SMILES string of the molecule is CC(=O)c1ccc(C(=O)OC23CC4CC(C2)OC(=O)C(C4)C3)cc1. The number of ether oxygens (including phenoxy) is 2. The minimum Gasteiger partial charge on any atom is -0.462 e. The molecule has 2 aliphatic heterocycles. The van der Waals surface area contributed by atoms with Gasteiger partial charge in [-0.25, -0.2) is 4.79 Å². The zero-order chi connectivity index (χ0) is 16.9. The summed E-state index contributed by atoms with van der Waals surface area (Å²) in [5.41, 5.74) is 0.415. The third-order valence-corrected chi connectivity index (χ3v) is 5.55. The van der Waals surface area contributed by atoms with Gasteiger partial charge in [0, 0.05) is 18.4 Å². The van der Waals surface area contributed by atoms with Crippen molar-refractivity contribution in [2.75, 3.05) is 0 Å². The molecule has 4 unspecified atom stereocenters. The summed E-state index contributed by atoms with van der Waals surface area (Å²) in [5.74, 6) is -0.320. The lowest BCUT2D eigenvalue weighted by molar-refractivity contribution is -0.151. The van der Waals surface area contributed by atoms with Crippen molar-refractivity contribution in [3.05, 3.63) is 35.4 Å². The van der Waals surface area contributed by atoms with Crippen molar-refractivity contribution >= 4 is 17.7 Å². The van der Waals surface area contributed by atoms with E-state index in [2.05, 4.69) is 0 Å². The number of carbonyl (C=O) groups is 3. The van der Waals surface area contributed by atoms with Gasteiger partial charge in [0.05, 0.1) is 11.5 Å². The van der Waals surface area contributed by atoms with Crippen LogP contribution in [0.1, 0.15) is 59.7 Å². The Labute approximate surface area is 140 Å². The van der Waals surface area contributed by atoms with Gasteiger partial charge < -0.3 is 9.47 Å². The van der Waals surface area contributed by atoms with Crippen LogP contribution >= 0.6 is 0 Å². The first-order chi connectivity index (χ1) is 11.4. The van der Waals surface area contributed by atoms with Crippen LogP contribution in [-0.4, -0.2) is 29.4 Å². The summed E-state index contributed by atoms with van der Waals surface area (Å²) < 4.78 is 11.4. The average molecular weight is 328 g/mol. The van der Waals surface area contributed by atoms with Crippen LogP contribution in [0.4, 0.5) is 0 Å². The van der Waals surface area contributed by atoms with E-state index in [1.165, 1.54) is 6.92 Å². The molecule has 0 N–H and O–H groups in total. The molecule has 1 aromatic rings. The van der Waals surface area contributed by atoms with Crippen LogP contribution in [0.2, 0.25) is 0 Å². The molecule has 5 nitrogen and oxygen atoms in total. The van der Waals surface area contributed by atoms with Gasteiger partial charge in [-0.2, -0.15) is 0 Å². The molecule has 2 heterocycles. The molecular weight excluding hydrogens is 308 g/mol. The second-order valence-electron chi connectivity index (χ2n) is 7.41. The Morgan fingerprint density at radius 1 is 1.08 bits per heavy atom. The van der Waals surface area contributed by atoms with Crippen LogP contribution in [0.3, 0.4) is 0 Å². The van der Waals surface area contributed by atoms with Gasteiger partial charge >= 0.3 is 11.9 Å². The van der Waals surface area contributed by atoms with Crippen LogP contribution in [0, 0.1) is 11.8 Å². The van der Waals surface area contributed by atoms with Crippen LogP contribution < -0.4 is 0 Å². The molecule has 2 saturated heterocycles. The fourth-order valence-electron chi connectivity index (χ4n) is 4.60. The third-order valence-electron chi connectivity index (χ3n) is 5.55. The number of hydrogen-bond acceptors (Lipinski definition) is 5. The number of hydrogen-bond donors (Lipinski definition) is 0. The van der Waals surface area contributed by atoms with Gasteiger partial charge in [0.25, 0.3) is 0 Å². The number of rotatable bonds is 3. The Morgan fingerprint density at radius 3 is 2.50 bits per heavy atom. The standard InChI is InChI=1S/C19H20O5/c1-11(20)13-2-4-14(5-3-13)18(22)24-19-8-12-6-15(9-19)17(21)23-16(7-12)10-19/h2-5,12,15-16H,6-10H2,1H3. The van der Waals surface area contributed by atoms with Gasteiger partial charge in [-0.15, -0.1) is 0 Å². The Kier molecular flexibility index (Phi) is 3.48. The molecule has 4 bridgehead atoms. The highest BCUT2D eigenvalue weighted by atomic mass is 16.6. The minimum absolute atomic E-state index is 0.0387. The summed E-state index contributed by atoms with van der Waals surface area (Å²) in [6.07, 6.45) is 3.58. The maximum atomic E-state index is 12.6. The van der Waals surface area contributed by atoms with Crippen molar-refractivity contribution in [3.8, 4) is 0 Å². The fraction of sp³-hybridized carbons (Fsp3) is 0.526. The van der Waals surface area contributed by atoms with E-state index < -0.39 is 5.60 Å². The minimum atomic E-state index is -0.584. The molecule has 0 aromatic heterocycles. The lowest BCUT2D eigenvalue weighted by Gasteiger charge is -2.45. The lowest BCUT2D eigenvalue weighted by Crippen LogP contribution is -2.48. The van der Waals surface area contributed by atoms with Crippen LogP contribution in [0.5, 0.6) is 0 Å². The molecule has 4 fully saturated rings. The summed E-state index contributed by atoms with van der Waals surface area (Å²) in [4.78, 5) is 36.0. The average Bonchev–Trinajstić information content (AvgIpc) is 2.69. The van der Waals surface area contributed by atoms with Crippen molar-refractivity contribution in [2.45, 2.75) is 50.7 Å². The second kappa shape index (κ2) is 5.43. The molecule has 5 rings (SSSR count). The van der Waals surface area contributed by atoms with E-state index in [0.717, 1.165) is 19.3 Å². The summed E-state index contributed by atoms with van der Waals surface area (Å²) in [7, 11) is 0. The monoisotopic (exact) mass is 328 g/mol. The molecule has 2 saturated carbocycles. The second-order valence-corrected chi connectivity index (χ2v) is 7.41. The molecule has 0 spiro atoms. The van der Waals surface area contributed by atoms with Crippen molar-refractivity contribution < 1.29 is 23.9 Å². The molecule has 0 amide bonds. The number of Topliss-reactive ketones (excluding diaryl/α,β-unsaturated/α-hetero) is 1. The van der Waals surface area contributed by atoms with E-state index >= 15 is 0 Å². The molecule has 4 aliphatic rings. The highest BCUT2D eigenvalue weighted by molar-refractivity contribution is 5.96. The highest BCUT2D eigenvalue weighted by Gasteiger charge is 2.54. The largest absolute Gasteiger partial charge is 0.462 e. The van der Waals surface area contributed by atoms with Crippen molar-refractivity contribution in [1.82, 2.24) is 0 Å². The maximum absolute atomic E-state index is 12.6. The summed E-state index contributed by atoms with van der Waals surface area (Å²) in [5, 5.41) is 0. The van der Waals surface area contributed by atoms with Gasteiger partial charge in [-0.1, -0.05) is 12.1 Å². The van der Waals surface area contributed by atoms with E-state index in [1.807, 2.05) is 0 Å². The first-order valence-corrected chi connectivity index (χ1v) is 8.49. The number of ketones is 1. The van der Waals surface area contributed by atoms with E-state index in [0.29, 0.717) is 29.9 Å². The van der Waals surface area contributed by atoms with Crippen molar-refractivity contribution in [2.24, 2.45) is 11.8 Å². The summed E-state index contributed by atoms with van der Waals surface area (Å²) in [6, 6.07) is 6.51. The van der Waals surface area contributed by atoms with Gasteiger partial charge in [-0.05, 0) is 44.2 Å². The number of fused-ring (bicyclic) bond motifs is 1. The third kappa shape index (κ3) is 2.62. The molecule has 24 heavy (non-hydrogen) atoms. The number of carbonyl (C=O) groups excluding carboxylic acids is 3. The molecule has 5 heteroatoms. The Morgan fingerprint density at radius 2 is 1.79 bits per heavy atom. The van der Waals surface area contributed by atoms with E-state index in [4.69, 9.17) is 9.47 Å². The molecule has 2 aliphatic carbocycles. The fourth-order valence-corrected chi connectivity index (χ4v) is 4.60. The molecule has 4 atom stereocenters.